The zero-order valence-electron chi connectivity index (χ0n) is 16.3. The third kappa shape index (κ3) is 4.73. The molecule has 0 unspecified atom stereocenters. The fourth-order valence-electron chi connectivity index (χ4n) is 3.93. The molecule has 1 amide bonds. The molecule has 0 radical (unpaired) electrons. The topological polar surface area (TPSA) is 23.6 Å². The van der Waals surface area contributed by atoms with E-state index in [4.69, 9.17) is 11.6 Å². The minimum Gasteiger partial charge on any atom is -0.368 e. The van der Waals surface area contributed by atoms with Crippen LogP contribution in [0.5, 0.6) is 0 Å². The Balaban J connectivity index is 1.57. The van der Waals surface area contributed by atoms with Crippen LogP contribution in [-0.4, -0.2) is 37.0 Å². The number of aryl methyl sites for hydroxylation is 1. The maximum absolute atomic E-state index is 13.0. The van der Waals surface area contributed by atoms with Gasteiger partial charge >= 0.3 is 0 Å². The van der Waals surface area contributed by atoms with Gasteiger partial charge in [-0.1, -0.05) is 36.2 Å². The molecule has 0 aromatic heterocycles. The van der Waals surface area contributed by atoms with Gasteiger partial charge in [0.1, 0.15) is 0 Å². The van der Waals surface area contributed by atoms with Gasteiger partial charge in [0.15, 0.2) is 0 Å². The lowest BCUT2D eigenvalue weighted by Crippen LogP contribution is -2.49. The molecular weight excluding hydrogens is 363 g/mol. The van der Waals surface area contributed by atoms with Crippen LogP contribution in [0.3, 0.4) is 0 Å². The van der Waals surface area contributed by atoms with Crippen molar-refractivity contribution in [1.29, 1.82) is 0 Å². The highest BCUT2D eigenvalue weighted by Gasteiger charge is 2.46. The van der Waals surface area contributed by atoms with Crippen molar-refractivity contribution in [2.75, 3.05) is 31.1 Å². The van der Waals surface area contributed by atoms with Gasteiger partial charge in [-0.25, -0.2) is 4.39 Å². The maximum atomic E-state index is 13.0. The van der Waals surface area contributed by atoms with Crippen molar-refractivity contribution in [3.8, 4) is 0 Å². The van der Waals surface area contributed by atoms with E-state index in [0.717, 1.165) is 49.7 Å². The first kappa shape index (κ1) is 19.9. The number of amides is 1. The molecule has 1 saturated heterocycles. The largest absolute Gasteiger partial charge is 0.368 e. The van der Waals surface area contributed by atoms with E-state index in [2.05, 4.69) is 18.7 Å². The summed E-state index contributed by atoms with van der Waals surface area (Å²) < 4.78 is 13.0. The normalized spacial score (nSPS) is 23.6. The minimum absolute atomic E-state index is 0.0731. The number of carbonyl (C=O) groups is 1. The second-order valence-electron chi connectivity index (χ2n) is 7.54. The number of benzene rings is 1. The molecule has 1 aliphatic carbocycles. The fourth-order valence-corrected chi connectivity index (χ4v) is 4.10. The summed E-state index contributed by atoms with van der Waals surface area (Å²) in [6.45, 7) is 8.73. The quantitative estimate of drug-likeness (QED) is 0.649. The van der Waals surface area contributed by atoms with Gasteiger partial charge in [0.2, 0.25) is 5.91 Å². The van der Waals surface area contributed by atoms with Gasteiger partial charge in [0, 0.05) is 42.8 Å². The van der Waals surface area contributed by atoms with Crippen molar-refractivity contribution in [2.24, 2.45) is 11.8 Å². The second kappa shape index (κ2) is 8.47. The Bertz CT molecular complexity index is 762. The number of hydrogen-bond donors (Lipinski definition) is 0. The van der Waals surface area contributed by atoms with Crippen LogP contribution < -0.4 is 4.90 Å². The van der Waals surface area contributed by atoms with Gasteiger partial charge in [0.25, 0.3) is 0 Å². The van der Waals surface area contributed by atoms with E-state index in [1.54, 1.807) is 0 Å². The van der Waals surface area contributed by atoms with E-state index < -0.39 is 0 Å². The first-order valence-corrected chi connectivity index (χ1v) is 10.1. The Hall–Kier alpha value is -1.81. The summed E-state index contributed by atoms with van der Waals surface area (Å²) in [7, 11) is 0. The summed E-state index contributed by atoms with van der Waals surface area (Å²) in [4.78, 5) is 17.2. The molecule has 5 heteroatoms. The number of nitrogens with zero attached hydrogens (tertiary/aromatic N) is 2. The average Bonchev–Trinajstić information content (AvgIpc) is 3.44. The molecule has 2 fully saturated rings. The molecular formula is C22H28ClFN2O. The Morgan fingerprint density at radius 3 is 2.56 bits per heavy atom. The smallest absolute Gasteiger partial charge is 0.226 e. The van der Waals surface area contributed by atoms with E-state index in [9.17, 15) is 9.18 Å². The molecule has 1 heterocycles. The lowest BCUT2D eigenvalue weighted by atomic mass is 10.1. The number of halogens is 2. The molecule has 2 aliphatic rings. The summed E-state index contributed by atoms with van der Waals surface area (Å²) in [6, 6.07) is 5.95. The lowest BCUT2D eigenvalue weighted by molar-refractivity contribution is -0.133. The van der Waals surface area contributed by atoms with Crippen LogP contribution >= 0.6 is 11.6 Å². The maximum Gasteiger partial charge on any atom is 0.226 e. The molecule has 3 rings (SSSR count). The van der Waals surface area contributed by atoms with E-state index in [-0.39, 0.29) is 23.6 Å². The molecule has 3 nitrogen and oxygen atoms in total. The Kier molecular flexibility index (Phi) is 6.25. The predicted octanol–water partition coefficient (Wildman–Crippen LogP) is 5.14. The number of anilines is 1. The van der Waals surface area contributed by atoms with E-state index in [1.165, 1.54) is 24.1 Å². The summed E-state index contributed by atoms with van der Waals surface area (Å²) in [5.41, 5.74) is 3.54. The van der Waals surface area contributed by atoms with E-state index in [0.29, 0.717) is 0 Å². The highest BCUT2D eigenvalue weighted by molar-refractivity contribution is 6.30. The predicted molar refractivity (Wildman–Crippen MR) is 110 cm³/mol. The van der Waals surface area contributed by atoms with Crippen molar-refractivity contribution >= 4 is 23.2 Å². The van der Waals surface area contributed by atoms with Crippen molar-refractivity contribution in [3.05, 3.63) is 52.3 Å². The Morgan fingerprint density at radius 1 is 1.22 bits per heavy atom. The molecule has 0 N–H and O–H groups in total. The third-order valence-corrected chi connectivity index (χ3v) is 5.86. The standard InChI is InChI=1S/C22H28ClFN2O/c1-4-17(7-6-16(3)24)19-14-20(19)22(27)26-11-9-25(10-12-26)21-13-18(23)8-5-15(21)2/h5-8,13,19-20H,4,9-12,14H2,1-3H3/b16-6+,17-7+/t19-,20-/m1/s1. The van der Waals surface area contributed by atoms with Crippen molar-refractivity contribution < 1.29 is 9.18 Å². The third-order valence-electron chi connectivity index (χ3n) is 5.62. The van der Waals surface area contributed by atoms with Crippen LogP contribution in [0.4, 0.5) is 10.1 Å². The number of rotatable bonds is 5. The monoisotopic (exact) mass is 390 g/mol. The Labute approximate surface area is 166 Å². The van der Waals surface area contributed by atoms with Crippen molar-refractivity contribution in [2.45, 2.75) is 33.6 Å². The highest BCUT2D eigenvalue weighted by Crippen LogP contribution is 2.46. The van der Waals surface area contributed by atoms with Gasteiger partial charge in [-0.05, 0) is 56.4 Å². The SMILES string of the molecule is CC/C(=C\C=C(/C)F)[C@H]1C[C@H]1C(=O)N1CCN(c2cc(Cl)ccc2C)CC1. The van der Waals surface area contributed by atoms with Gasteiger partial charge < -0.3 is 9.80 Å². The summed E-state index contributed by atoms with van der Waals surface area (Å²) in [6.07, 6.45) is 5.11. The molecule has 1 saturated carbocycles. The number of carbonyl (C=O) groups excluding carboxylic acids is 1. The number of piperazine rings is 1. The molecule has 0 spiro atoms. The van der Waals surface area contributed by atoms with Crippen LogP contribution in [-0.2, 0) is 4.79 Å². The Morgan fingerprint density at radius 2 is 1.93 bits per heavy atom. The number of hydrogen-bond acceptors (Lipinski definition) is 2. The van der Waals surface area contributed by atoms with Crippen LogP contribution in [0, 0.1) is 18.8 Å². The van der Waals surface area contributed by atoms with Crippen molar-refractivity contribution in [3.63, 3.8) is 0 Å². The van der Waals surface area contributed by atoms with Crippen LogP contribution in [0.2, 0.25) is 5.02 Å². The van der Waals surface area contributed by atoms with Crippen LogP contribution in [0.25, 0.3) is 0 Å². The van der Waals surface area contributed by atoms with E-state index in [1.807, 2.05) is 29.2 Å². The van der Waals surface area contributed by atoms with Gasteiger partial charge in [-0.2, -0.15) is 0 Å². The zero-order chi connectivity index (χ0) is 19.6. The van der Waals surface area contributed by atoms with E-state index >= 15 is 0 Å². The first-order valence-electron chi connectivity index (χ1n) is 9.73. The molecule has 1 aromatic rings. The number of allylic oxidation sites excluding steroid dienone is 4. The van der Waals surface area contributed by atoms with Crippen molar-refractivity contribution in [1.82, 2.24) is 4.90 Å². The molecule has 0 bridgehead atoms. The van der Waals surface area contributed by atoms with Crippen LogP contribution in [0.15, 0.2) is 41.8 Å². The zero-order valence-corrected chi connectivity index (χ0v) is 17.1. The molecule has 2 atom stereocenters. The fraction of sp³-hybridized carbons (Fsp3) is 0.500. The molecule has 27 heavy (non-hydrogen) atoms. The molecule has 146 valence electrons. The van der Waals surface area contributed by atoms with Gasteiger partial charge in [0.05, 0.1) is 5.83 Å². The summed E-state index contributed by atoms with van der Waals surface area (Å²) in [5, 5.41) is 0.742. The minimum atomic E-state index is -0.197. The molecule has 1 aliphatic heterocycles. The second-order valence-corrected chi connectivity index (χ2v) is 7.98. The van der Waals surface area contributed by atoms with Crippen LogP contribution in [0.1, 0.15) is 32.3 Å². The lowest BCUT2D eigenvalue weighted by Gasteiger charge is -2.37. The first-order chi connectivity index (χ1) is 12.9. The highest BCUT2D eigenvalue weighted by atomic mass is 35.5. The van der Waals surface area contributed by atoms with Gasteiger partial charge in [-0.15, -0.1) is 0 Å². The summed E-state index contributed by atoms with van der Waals surface area (Å²) >= 11 is 6.15. The average molecular weight is 391 g/mol. The molecule has 1 aromatic carbocycles. The van der Waals surface area contributed by atoms with Gasteiger partial charge in [-0.3, -0.25) is 4.79 Å². The summed E-state index contributed by atoms with van der Waals surface area (Å²) in [5.74, 6) is 0.412.